The Morgan fingerprint density at radius 2 is 1.84 bits per heavy atom. The molecule has 0 saturated carbocycles. The number of carbonyl (C=O) groups excluding carboxylic acids is 1. The molecule has 1 rings (SSSR count). The van der Waals surface area contributed by atoms with Crippen LogP contribution in [0.2, 0.25) is 0 Å². The number of hydrogen-bond donors (Lipinski definition) is 2. The summed E-state index contributed by atoms with van der Waals surface area (Å²) in [4.78, 5) is 12.0. The second kappa shape index (κ2) is 7.95. The Morgan fingerprint density at radius 1 is 1.21 bits per heavy atom. The van der Waals surface area contributed by atoms with E-state index in [1.807, 2.05) is 18.2 Å². The monoisotopic (exact) mass is 262 g/mol. The summed E-state index contributed by atoms with van der Waals surface area (Å²) in [5.41, 5.74) is 1.24. The van der Waals surface area contributed by atoms with E-state index < -0.39 is 0 Å². The standard InChI is InChI=1S/C16H26N2O/c1-5-14(13-9-7-6-8-10-13)18-15(11-12(2)3)16(19)17-4/h6-10,12,14-15,18H,5,11H2,1-4H3,(H,17,19). The first-order chi connectivity index (χ1) is 9.08. The lowest BCUT2D eigenvalue weighted by Crippen LogP contribution is -2.45. The predicted molar refractivity (Wildman–Crippen MR) is 79.9 cm³/mol. The van der Waals surface area contributed by atoms with Crippen molar-refractivity contribution in [2.45, 2.75) is 45.7 Å². The van der Waals surface area contributed by atoms with E-state index in [1.54, 1.807) is 7.05 Å². The Balaban J connectivity index is 2.78. The Bertz CT molecular complexity index is 376. The minimum absolute atomic E-state index is 0.0723. The molecule has 2 unspecified atom stereocenters. The molecule has 1 amide bonds. The van der Waals surface area contributed by atoms with Crippen LogP contribution in [-0.4, -0.2) is 19.0 Å². The molecular weight excluding hydrogens is 236 g/mol. The largest absolute Gasteiger partial charge is 0.358 e. The molecule has 0 spiro atoms. The quantitative estimate of drug-likeness (QED) is 0.793. The van der Waals surface area contributed by atoms with Crippen LogP contribution in [-0.2, 0) is 4.79 Å². The van der Waals surface area contributed by atoms with Crippen LogP contribution < -0.4 is 10.6 Å². The summed E-state index contributed by atoms with van der Waals surface area (Å²) in [6.45, 7) is 6.42. The number of benzene rings is 1. The normalized spacial score (nSPS) is 14.2. The highest BCUT2D eigenvalue weighted by atomic mass is 16.2. The lowest BCUT2D eigenvalue weighted by atomic mass is 9.99. The second-order valence-electron chi connectivity index (χ2n) is 5.33. The van der Waals surface area contributed by atoms with Crippen LogP contribution >= 0.6 is 0 Å². The highest BCUT2D eigenvalue weighted by molar-refractivity contribution is 5.81. The van der Waals surface area contributed by atoms with Gasteiger partial charge in [0.1, 0.15) is 0 Å². The van der Waals surface area contributed by atoms with Gasteiger partial charge in [0, 0.05) is 13.1 Å². The summed E-state index contributed by atoms with van der Waals surface area (Å²) in [7, 11) is 1.70. The first-order valence-corrected chi connectivity index (χ1v) is 7.11. The van der Waals surface area contributed by atoms with Crippen molar-refractivity contribution >= 4 is 5.91 Å². The zero-order valence-corrected chi connectivity index (χ0v) is 12.4. The molecule has 2 N–H and O–H groups in total. The third-order valence-corrected chi connectivity index (χ3v) is 3.28. The third-order valence-electron chi connectivity index (χ3n) is 3.28. The molecule has 1 aromatic carbocycles. The minimum atomic E-state index is -0.129. The maximum absolute atomic E-state index is 12.0. The first-order valence-electron chi connectivity index (χ1n) is 7.11. The molecule has 0 aliphatic heterocycles. The van der Waals surface area contributed by atoms with Gasteiger partial charge >= 0.3 is 0 Å². The average molecular weight is 262 g/mol. The van der Waals surface area contributed by atoms with Gasteiger partial charge in [-0.1, -0.05) is 51.1 Å². The van der Waals surface area contributed by atoms with Crippen LogP contribution in [0.5, 0.6) is 0 Å². The van der Waals surface area contributed by atoms with Crippen molar-refractivity contribution in [3.63, 3.8) is 0 Å². The van der Waals surface area contributed by atoms with Gasteiger partial charge in [-0.05, 0) is 24.3 Å². The van der Waals surface area contributed by atoms with Gasteiger partial charge in [-0.2, -0.15) is 0 Å². The molecule has 3 heteroatoms. The molecule has 106 valence electrons. The van der Waals surface area contributed by atoms with E-state index in [-0.39, 0.29) is 18.0 Å². The van der Waals surface area contributed by atoms with Crippen molar-refractivity contribution in [3.05, 3.63) is 35.9 Å². The Morgan fingerprint density at radius 3 is 2.32 bits per heavy atom. The molecule has 3 nitrogen and oxygen atoms in total. The van der Waals surface area contributed by atoms with Crippen LogP contribution in [0.4, 0.5) is 0 Å². The number of likely N-dealkylation sites (N-methyl/N-ethyl adjacent to an activating group) is 1. The molecule has 0 saturated heterocycles. The molecule has 0 heterocycles. The van der Waals surface area contributed by atoms with Crippen molar-refractivity contribution in [1.29, 1.82) is 0 Å². The van der Waals surface area contributed by atoms with E-state index in [9.17, 15) is 4.79 Å². The lowest BCUT2D eigenvalue weighted by molar-refractivity contribution is -0.123. The van der Waals surface area contributed by atoms with E-state index >= 15 is 0 Å². The zero-order chi connectivity index (χ0) is 14.3. The molecule has 0 radical (unpaired) electrons. The summed E-state index contributed by atoms with van der Waals surface area (Å²) < 4.78 is 0. The van der Waals surface area contributed by atoms with Crippen LogP contribution in [0.1, 0.15) is 45.2 Å². The van der Waals surface area contributed by atoms with E-state index in [0.29, 0.717) is 5.92 Å². The fourth-order valence-electron chi connectivity index (χ4n) is 2.27. The van der Waals surface area contributed by atoms with Gasteiger partial charge in [-0.3, -0.25) is 10.1 Å². The zero-order valence-electron chi connectivity index (χ0n) is 12.4. The smallest absolute Gasteiger partial charge is 0.236 e. The summed E-state index contributed by atoms with van der Waals surface area (Å²) in [6, 6.07) is 10.4. The van der Waals surface area contributed by atoms with Crippen molar-refractivity contribution in [2.75, 3.05) is 7.05 Å². The molecule has 2 atom stereocenters. The molecule has 19 heavy (non-hydrogen) atoms. The van der Waals surface area contributed by atoms with Crippen LogP contribution in [0.25, 0.3) is 0 Å². The fraction of sp³-hybridized carbons (Fsp3) is 0.562. The van der Waals surface area contributed by atoms with Gasteiger partial charge in [0.25, 0.3) is 0 Å². The summed E-state index contributed by atoms with van der Waals surface area (Å²) in [5, 5.41) is 6.24. The topological polar surface area (TPSA) is 41.1 Å². The minimum Gasteiger partial charge on any atom is -0.358 e. The predicted octanol–water partition coefficient (Wildman–Crippen LogP) is 2.89. The molecule has 0 aliphatic carbocycles. The average Bonchev–Trinajstić information content (AvgIpc) is 2.43. The molecule has 0 bridgehead atoms. The van der Waals surface area contributed by atoms with Crippen molar-refractivity contribution in [1.82, 2.24) is 10.6 Å². The van der Waals surface area contributed by atoms with Crippen molar-refractivity contribution in [2.24, 2.45) is 5.92 Å². The highest BCUT2D eigenvalue weighted by Crippen LogP contribution is 2.18. The number of amides is 1. The maximum Gasteiger partial charge on any atom is 0.236 e. The van der Waals surface area contributed by atoms with Gasteiger partial charge in [0.15, 0.2) is 0 Å². The second-order valence-corrected chi connectivity index (χ2v) is 5.33. The number of carbonyl (C=O) groups is 1. The summed E-state index contributed by atoms with van der Waals surface area (Å²) in [5.74, 6) is 0.561. The number of nitrogens with one attached hydrogen (secondary N) is 2. The van der Waals surface area contributed by atoms with Gasteiger partial charge in [-0.15, -0.1) is 0 Å². The van der Waals surface area contributed by atoms with Crippen LogP contribution in [0, 0.1) is 5.92 Å². The van der Waals surface area contributed by atoms with E-state index in [1.165, 1.54) is 5.56 Å². The summed E-state index contributed by atoms with van der Waals surface area (Å²) >= 11 is 0. The number of hydrogen-bond acceptors (Lipinski definition) is 2. The fourth-order valence-corrected chi connectivity index (χ4v) is 2.27. The molecular formula is C16H26N2O. The van der Waals surface area contributed by atoms with Crippen LogP contribution in [0.3, 0.4) is 0 Å². The molecule has 0 aliphatic rings. The molecule has 0 aromatic heterocycles. The summed E-state index contributed by atoms with van der Waals surface area (Å²) in [6.07, 6.45) is 1.82. The van der Waals surface area contributed by atoms with E-state index in [2.05, 4.69) is 43.5 Å². The van der Waals surface area contributed by atoms with E-state index in [0.717, 1.165) is 12.8 Å². The third kappa shape index (κ3) is 5.03. The van der Waals surface area contributed by atoms with Crippen LogP contribution in [0.15, 0.2) is 30.3 Å². The SMILES string of the molecule is CCC(NC(CC(C)C)C(=O)NC)c1ccccc1. The highest BCUT2D eigenvalue weighted by Gasteiger charge is 2.22. The van der Waals surface area contributed by atoms with Gasteiger partial charge < -0.3 is 5.32 Å². The van der Waals surface area contributed by atoms with Gasteiger partial charge in [0.2, 0.25) is 5.91 Å². The first kappa shape index (κ1) is 15.7. The number of rotatable bonds is 7. The molecule has 1 aromatic rings. The lowest BCUT2D eigenvalue weighted by Gasteiger charge is -2.25. The Hall–Kier alpha value is -1.35. The van der Waals surface area contributed by atoms with Gasteiger partial charge in [0.05, 0.1) is 6.04 Å². The molecule has 0 fully saturated rings. The van der Waals surface area contributed by atoms with Crippen molar-refractivity contribution < 1.29 is 4.79 Å². The van der Waals surface area contributed by atoms with Crippen molar-refractivity contribution in [3.8, 4) is 0 Å². The van der Waals surface area contributed by atoms with E-state index in [4.69, 9.17) is 0 Å². The Labute approximate surface area is 116 Å². The Kier molecular flexibility index (Phi) is 6.57. The van der Waals surface area contributed by atoms with Gasteiger partial charge in [-0.25, -0.2) is 0 Å². The maximum atomic E-state index is 12.0.